The molecule has 0 bridgehead atoms. The quantitative estimate of drug-likeness (QED) is 0.149. The molecule has 1 unspecified atom stereocenters. The third-order valence-electron chi connectivity index (χ3n) is 11.4. The van der Waals surface area contributed by atoms with Crippen molar-refractivity contribution in [3.05, 3.63) is 207 Å². The molecule has 4 aliphatic rings. The number of allylic oxidation sites excluding steroid dienone is 20. The zero-order chi connectivity index (χ0) is 47.1. The maximum absolute atomic E-state index is 4.25. The standard InChI is InChI=1S/C37H45N3.C19H17N.2C2H6/c1-25-12-10-14-34-32(21-25)33-24-36(40(8)9)31(23-35(33)37(34,5)6)22-30(29-17-15-26(2)20-29)18-16-28(4)39-27(3)13-11-19-38-7;1-4-18-17(13-14(2)3)16-11-7-8-12-19(16)20(18)15-9-5-6-10-15;2*1-2/h10-20,22-24,29,38-39H,4,21H2,1-3,5-9H3;4-5,7-13H,2H2,1,3H3;2*1-2H3/b18-16-,19-11-,27-13+,30-22+;17-13-,18-4+;;. The van der Waals surface area contributed by atoms with E-state index in [0.29, 0.717) is 0 Å². The number of rotatable bonds is 11. The van der Waals surface area contributed by atoms with Gasteiger partial charge in [0, 0.05) is 71.6 Å². The van der Waals surface area contributed by atoms with Crippen LogP contribution in [0.4, 0.5) is 5.69 Å². The van der Waals surface area contributed by atoms with Crippen molar-refractivity contribution in [2.75, 3.05) is 26.0 Å². The summed E-state index contributed by atoms with van der Waals surface area (Å²) >= 11 is 0. The molecule has 0 radical (unpaired) electrons. The van der Waals surface area contributed by atoms with Crippen LogP contribution in [0.5, 0.6) is 0 Å². The van der Waals surface area contributed by atoms with Crippen LogP contribution in [-0.2, 0) is 5.41 Å². The average Bonchev–Trinajstić information content (AvgIpc) is 4.04. The molecule has 7 rings (SSSR count). The Morgan fingerprint density at radius 3 is 2.34 bits per heavy atom. The SMILES string of the molecule is C=C(/C=C\C(=C/c1cc2c(cc1N(C)C)C1=C(C=CC=C(C)C1)C2(C)C)C1C=CC(C)=C1)N/C(C)=C/C=C\NC.C=C(C)/C=c1\c(=C/C)n(C2=CC=C=C2)c2ccccc12.CC.CC. The second kappa shape index (κ2) is 23.3. The van der Waals surface area contributed by atoms with Crippen molar-refractivity contribution in [2.24, 2.45) is 5.92 Å². The first-order chi connectivity index (χ1) is 30.7. The van der Waals surface area contributed by atoms with E-state index in [0.717, 1.165) is 29.1 Å². The minimum Gasteiger partial charge on any atom is -0.394 e. The van der Waals surface area contributed by atoms with Crippen molar-refractivity contribution >= 4 is 46.1 Å². The summed E-state index contributed by atoms with van der Waals surface area (Å²) in [6, 6.07) is 13.3. The first kappa shape index (κ1) is 50.2. The lowest BCUT2D eigenvalue weighted by atomic mass is 9.80. The van der Waals surface area contributed by atoms with Gasteiger partial charge in [0.15, 0.2) is 0 Å². The third-order valence-corrected chi connectivity index (χ3v) is 11.4. The van der Waals surface area contributed by atoms with Crippen molar-refractivity contribution in [3.63, 3.8) is 0 Å². The van der Waals surface area contributed by atoms with Gasteiger partial charge < -0.3 is 20.1 Å². The molecule has 0 fully saturated rings. The molecule has 4 aliphatic carbocycles. The predicted octanol–water partition coefficient (Wildman–Crippen LogP) is 13.9. The van der Waals surface area contributed by atoms with E-state index in [9.17, 15) is 0 Å². The van der Waals surface area contributed by atoms with Crippen LogP contribution < -0.4 is 26.1 Å². The van der Waals surface area contributed by atoms with Crippen molar-refractivity contribution in [3.8, 4) is 0 Å². The molecular weight excluding hydrogens is 777 g/mol. The molecular formula is C60H74N4. The number of nitrogens with one attached hydrogen (secondary N) is 2. The number of anilines is 1. The molecule has 0 aliphatic heterocycles. The van der Waals surface area contributed by atoms with Gasteiger partial charge in [-0.2, -0.15) is 0 Å². The highest BCUT2D eigenvalue weighted by Gasteiger charge is 2.37. The first-order valence-electron chi connectivity index (χ1n) is 23.0. The largest absolute Gasteiger partial charge is 0.394 e. The van der Waals surface area contributed by atoms with E-state index in [1.165, 1.54) is 71.7 Å². The summed E-state index contributed by atoms with van der Waals surface area (Å²) in [6.45, 7) is 31.5. The van der Waals surface area contributed by atoms with Crippen molar-refractivity contribution < 1.29 is 0 Å². The maximum Gasteiger partial charge on any atom is 0.0545 e. The first-order valence-corrected chi connectivity index (χ1v) is 23.0. The van der Waals surface area contributed by atoms with Gasteiger partial charge in [0.25, 0.3) is 0 Å². The van der Waals surface area contributed by atoms with Gasteiger partial charge in [-0.3, -0.25) is 0 Å². The molecule has 4 heteroatoms. The lowest BCUT2D eigenvalue weighted by Crippen LogP contribution is -2.28. The molecule has 0 saturated heterocycles. The van der Waals surface area contributed by atoms with Gasteiger partial charge in [-0.1, -0.05) is 138 Å². The molecule has 2 aromatic carbocycles. The molecule has 3 aromatic rings. The zero-order valence-electron chi connectivity index (χ0n) is 41.4. The highest BCUT2D eigenvalue weighted by atomic mass is 15.1. The predicted molar refractivity (Wildman–Crippen MR) is 286 cm³/mol. The van der Waals surface area contributed by atoms with Gasteiger partial charge in [-0.15, -0.1) is 5.73 Å². The second-order valence-corrected chi connectivity index (χ2v) is 16.8. The summed E-state index contributed by atoms with van der Waals surface area (Å²) in [5.41, 5.74) is 20.5. The fourth-order valence-corrected chi connectivity index (χ4v) is 8.50. The molecule has 1 atom stereocenters. The molecule has 4 nitrogen and oxygen atoms in total. The number of fused-ring (bicyclic) bond motifs is 3. The fourth-order valence-electron chi connectivity index (χ4n) is 8.50. The van der Waals surface area contributed by atoms with Gasteiger partial charge in [0.2, 0.25) is 0 Å². The lowest BCUT2D eigenvalue weighted by molar-refractivity contribution is 0.653. The molecule has 1 heterocycles. The zero-order valence-corrected chi connectivity index (χ0v) is 41.4. The van der Waals surface area contributed by atoms with E-state index in [1.54, 1.807) is 0 Å². The number of benzene rings is 2. The van der Waals surface area contributed by atoms with Crippen LogP contribution in [0.15, 0.2) is 180 Å². The van der Waals surface area contributed by atoms with E-state index in [-0.39, 0.29) is 11.3 Å². The lowest BCUT2D eigenvalue weighted by Gasteiger charge is -2.25. The normalized spacial score (nSPS) is 17.5. The summed E-state index contributed by atoms with van der Waals surface area (Å²) in [5.74, 6) is 0.223. The van der Waals surface area contributed by atoms with Gasteiger partial charge >= 0.3 is 0 Å². The Bertz CT molecular complexity index is 2740. The smallest absolute Gasteiger partial charge is 0.0545 e. The van der Waals surface area contributed by atoms with Crippen LogP contribution in [0.2, 0.25) is 0 Å². The molecule has 2 N–H and O–H groups in total. The topological polar surface area (TPSA) is 32.2 Å². The maximum atomic E-state index is 4.25. The van der Waals surface area contributed by atoms with Crippen LogP contribution in [0.25, 0.3) is 40.4 Å². The second-order valence-electron chi connectivity index (χ2n) is 16.8. The summed E-state index contributed by atoms with van der Waals surface area (Å²) in [7, 11) is 6.18. The van der Waals surface area contributed by atoms with E-state index < -0.39 is 0 Å². The van der Waals surface area contributed by atoms with E-state index in [2.05, 4.69) is 197 Å². The Morgan fingerprint density at radius 2 is 1.72 bits per heavy atom. The summed E-state index contributed by atoms with van der Waals surface area (Å²) < 4.78 is 2.28. The summed E-state index contributed by atoms with van der Waals surface area (Å²) in [4.78, 5) is 2.24. The van der Waals surface area contributed by atoms with E-state index >= 15 is 0 Å². The Balaban J connectivity index is 0.000000311. The van der Waals surface area contributed by atoms with Crippen LogP contribution in [-0.4, -0.2) is 25.7 Å². The molecule has 64 heavy (non-hydrogen) atoms. The van der Waals surface area contributed by atoms with Crippen LogP contribution in [0.1, 0.15) is 99.3 Å². The number of para-hydroxylation sites is 1. The molecule has 0 saturated carbocycles. The Hall–Kier alpha value is -6.48. The molecule has 0 spiro atoms. The van der Waals surface area contributed by atoms with Crippen molar-refractivity contribution in [2.45, 2.75) is 88.0 Å². The summed E-state index contributed by atoms with van der Waals surface area (Å²) in [6.07, 6.45) is 37.5. The third kappa shape index (κ3) is 11.7. The molecule has 0 amide bonds. The fraction of sp³-hybridized carbons (Fsp3) is 0.283. The van der Waals surface area contributed by atoms with Gasteiger partial charge in [0.1, 0.15) is 0 Å². The number of nitrogens with zero attached hydrogens (tertiary/aromatic N) is 2. The highest BCUT2D eigenvalue weighted by molar-refractivity contribution is 5.89. The average molecular weight is 851 g/mol. The van der Waals surface area contributed by atoms with Crippen molar-refractivity contribution in [1.29, 1.82) is 0 Å². The highest BCUT2D eigenvalue weighted by Crippen LogP contribution is 2.51. The number of hydrogen-bond acceptors (Lipinski definition) is 3. The van der Waals surface area contributed by atoms with Crippen LogP contribution in [0, 0.1) is 5.92 Å². The minimum atomic E-state index is -0.0450. The molecule has 1 aromatic heterocycles. The number of hydrogen-bond donors (Lipinski definition) is 2. The Kier molecular flexibility index (Phi) is 18.2. The Morgan fingerprint density at radius 1 is 0.984 bits per heavy atom. The van der Waals surface area contributed by atoms with Crippen molar-refractivity contribution in [1.82, 2.24) is 15.2 Å². The monoisotopic (exact) mass is 851 g/mol. The van der Waals surface area contributed by atoms with E-state index in [1.807, 2.05) is 79.1 Å². The van der Waals surface area contributed by atoms with Gasteiger partial charge in [-0.05, 0) is 141 Å². The van der Waals surface area contributed by atoms with E-state index in [4.69, 9.17) is 0 Å². The van der Waals surface area contributed by atoms with Crippen LogP contribution >= 0.6 is 0 Å². The minimum absolute atomic E-state index is 0.0450. The van der Waals surface area contributed by atoms with Crippen LogP contribution in [0.3, 0.4) is 0 Å². The summed E-state index contributed by atoms with van der Waals surface area (Å²) in [5, 5.41) is 10.1. The van der Waals surface area contributed by atoms with Gasteiger partial charge in [-0.25, -0.2) is 0 Å². The molecule has 334 valence electrons. The van der Waals surface area contributed by atoms with Gasteiger partial charge in [0.05, 0.1) is 11.2 Å². The Labute approximate surface area is 386 Å². The number of aromatic nitrogens is 1.